The minimum absolute atomic E-state index is 0.0940. The highest BCUT2D eigenvalue weighted by Crippen LogP contribution is 2.42. The van der Waals surface area contributed by atoms with Crippen LogP contribution in [0, 0.1) is 0 Å². The summed E-state index contributed by atoms with van der Waals surface area (Å²) in [4.78, 5) is 21.1. The SMILES string of the molecule is COc1ccc2c(c1)C(N1CCCN(C(=O)NC(C)(C)C)CC1)=Nc1cc(C(F)(F)F)ccc1O2. The molecule has 0 unspecified atom stereocenters. The van der Waals surface area contributed by atoms with Crippen LogP contribution in [0.15, 0.2) is 41.4 Å². The third kappa shape index (κ3) is 5.63. The minimum atomic E-state index is -4.50. The zero-order valence-corrected chi connectivity index (χ0v) is 20.2. The number of nitrogens with one attached hydrogen (secondary N) is 1. The van der Waals surface area contributed by atoms with Gasteiger partial charge in [-0.25, -0.2) is 9.79 Å². The van der Waals surface area contributed by atoms with Gasteiger partial charge in [0.2, 0.25) is 0 Å². The molecule has 1 N–H and O–H groups in total. The molecule has 7 nitrogen and oxygen atoms in total. The number of urea groups is 1. The lowest BCUT2D eigenvalue weighted by Gasteiger charge is -2.28. The zero-order valence-electron chi connectivity index (χ0n) is 20.2. The van der Waals surface area contributed by atoms with Crippen molar-refractivity contribution in [3.63, 3.8) is 0 Å². The van der Waals surface area contributed by atoms with Crippen LogP contribution < -0.4 is 14.8 Å². The molecule has 0 saturated carbocycles. The summed E-state index contributed by atoms with van der Waals surface area (Å²) in [6.45, 7) is 7.80. The number of fused-ring (bicyclic) bond motifs is 2. The molecule has 35 heavy (non-hydrogen) atoms. The Bertz CT molecular complexity index is 1140. The van der Waals surface area contributed by atoms with E-state index in [0.29, 0.717) is 55.5 Å². The van der Waals surface area contributed by atoms with Gasteiger partial charge in [-0.15, -0.1) is 0 Å². The van der Waals surface area contributed by atoms with Crippen LogP contribution in [0.5, 0.6) is 17.2 Å². The highest BCUT2D eigenvalue weighted by Gasteiger charge is 2.33. The van der Waals surface area contributed by atoms with Crippen molar-refractivity contribution in [2.45, 2.75) is 38.9 Å². The van der Waals surface area contributed by atoms with E-state index < -0.39 is 11.7 Å². The molecule has 0 atom stereocenters. The number of benzene rings is 2. The van der Waals surface area contributed by atoms with Gasteiger partial charge in [-0.3, -0.25) is 0 Å². The average molecular weight is 491 g/mol. The second kappa shape index (κ2) is 9.31. The summed E-state index contributed by atoms with van der Waals surface area (Å²) in [5.41, 5.74) is -0.452. The normalized spacial score (nSPS) is 16.3. The summed E-state index contributed by atoms with van der Waals surface area (Å²) < 4.78 is 51.6. The summed E-state index contributed by atoms with van der Waals surface area (Å²) >= 11 is 0. The third-order valence-electron chi connectivity index (χ3n) is 5.72. The van der Waals surface area contributed by atoms with Crippen molar-refractivity contribution in [1.29, 1.82) is 0 Å². The Labute approximate surface area is 202 Å². The molecule has 2 aromatic carbocycles. The van der Waals surface area contributed by atoms with E-state index in [1.165, 1.54) is 13.2 Å². The van der Waals surface area contributed by atoms with E-state index in [-0.39, 0.29) is 23.0 Å². The van der Waals surface area contributed by atoms with E-state index in [0.717, 1.165) is 12.1 Å². The molecule has 10 heteroatoms. The van der Waals surface area contributed by atoms with E-state index in [1.807, 2.05) is 25.7 Å². The van der Waals surface area contributed by atoms with Crippen LogP contribution in [0.2, 0.25) is 0 Å². The molecule has 2 amide bonds. The molecule has 188 valence electrons. The summed E-state index contributed by atoms with van der Waals surface area (Å²) in [7, 11) is 1.54. The zero-order chi connectivity index (χ0) is 25.4. The topological polar surface area (TPSA) is 66.4 Å². The number of halogens is 3. The first-order chi connectivity index (χ1) is 16.4. The van der Waals surface area contributed by atoms with Crippen molar-refractivity contribution < 1.29 is 27.4 Å². The van der Waals surface area contributed by atoms with Gasteiger partial charge in [0, 0.05) is 31.7 Å². The van der Waals surface area contributed by atoms with Crippen LogP contribution in [-0.4, -0.2) is 60.5 Å². The second-order valence-electron chi connectivity index (χ2n) is 9.59. The molecule has 2 aromatic rings. The van der Waals surface area contributed by atoms with Gasteiger partial charge in [-0.1, -0.05) is 0 Å². The van der Waals surface area contributed by atoms with E-state index in [9.17, 15) is 18.0 Å². The number of amides is 2. The largest absolute Gasteiger partial charge is 0.497 e. The first-order valence-electron chi connectivity index (χ1n) is 11.4. The fraction of sp³-hybridized carbons (Fsp3) is 0.440. The van der Waals surface area contributed by atoms with Gasteiger partial charge < -0.3 is 24.6 Å². The smallest absolute Gasteiger partial charge is 0.416 e. The van der Waals surface area contributed by atoms with Gasteiger partial charge >= 0.3 is 12.2 Å². The third-order valence-corrected chi connectivity index (χ3v) is 5.72. The number of nitrogens with zero attached hydrogens (tertiary/aromatic N) is 3. The molecule has 0 spiro atoms. The number of rotatable bonds is 1. The van der Waals surface area contributed by atoms with Gasteiger partial charge in [0.1, 0.15) is 23.0 Å². The lowest BCUT2D eigenvalue weighted by atomic mass is 10.1. The van der Waals surface area contributed by atoms with Crippen molar-refractivity contribution in [2.75, 3.05) is 33.3 Å². The van der Waals surface area contributed by atoms with E-state index in [2.05, 4.69) is 10.3 Å². The summed E-state index contributed by atoms with van der Waals surface area (Å²) in [6.07, 6.45) is -3.83. The number of hydrogen-bond donors (Lipinski definition) is 1. The number of methoxy groups -OCH3 is 1. The quantitative estimate of drug-likeness (QED) is 0.580. The summed E-state index contributed by atoms with van der Waals surface area (Å²) in [5, 5.41) is 2.98. The lowest BCUT2D eigenvalue weighted by molar-refractivity contribution is -0.137. The average Bonchev–Trinajstić information content (AvgIpc) is 3.11. The van der Waals surface area contributed by atoms with E-state index in [1.54, 1.807) is 23.1 Å². The van der Waals surface area contributed by atoms with Crippen LogP contribution in [0.3, 0.4) is 0 Å². The number of aliphatic imine (C=N–C) groups is 1. The van der Waals surface area contributed by atoms with Crippen LogP contribution in [0.4, 0.5) is 23.7 Å². The fourth-order valence-corrected chi connectivity index (χ4v) is 4.03. The molecular weight excluding hydrogens is 461 g/mol. The van der Waals surface area contributed by atoms with Gasteiger partial charge in [0.25, 0.3) is 0 Å². The standard InChI is InChI=1S/C25H29F3N4O3/c1-24(2,3)30-23(33)32-11-5-10-31(12-13-32)22-18-15-17(34-4)7-9-20(18)35-21-8-6-16(25(26,27)28)14-19(21)29-22/h6-9,14-15H,5,10-13H2,1-4H3,(H,30,33). The van der Waals surface area contributed by atoms with Crippen molar-refractivity contribution in [1.82, 2.24) is 15.1 Å². The molecule has 2 heterocycles. The van der Waals surface area contributed by atoms with E-state index >= 15 is 0 Å². The molecule has 0 aromatic heterocycles. The number of ether oxygens (including phenoxy) is 2. The number of amidine groups is 1. The van der Waals surface area contributed by atoms with Gasteiger partial charge in [-0.05, 0) is 63.6 Å². The Morgan fingerprint density at radius 3 is 2.46 bits per heavy atom. The predicted molar refractivity (Wildman–Crippen MR) is 127 cm³/mol. The lowest BCUT2D eigenvalue weighted by Crippen LogP contribution is -2.49. The molecule has 0 bridgehead atoms. The number of alkyl halides is 3. The Balaban J connectivity index is 1.71. The first kappa shape index (κ1) is 24.7. The van der Waals surface area contributed by atoms with Crippen molar-refractivity contribution in [3.8, 4) is 17.2 Å². The molecule has 1 fully saturated rings. The molecule has 4 rings (SSSR count). The van der Waals surface area contributed by atoms with Crippen LogP contribution >= 0.6 is 0 Å². The minimum Gasteiger partial charge on any atom is -0.497 e. The number of carbonyl (C=O) groups excluding carboxylic acids is 1. The maximum Gasteiger partial charge on any atom is 0.416 e. The molecule has 1 saturated heterocycles. The van der Waals surface area contributed by atoms with Gasteiger partial charge in [-0.2, -0.15) is 13.2 Å². The van der Waals surface area contributed by atoms with Crippen molar-refractivity contribution >= 4 is 17.6 Å². The Morgan fingerprint density at radius 1 is 1.03 bits per heavy atom. The fourth-order valence-electron chi connectivity index (χ4n) is 4.03. The van der Waals surface area contributed by atoms with Gasteiger partial charge in [0.15, 0.2) is 5.75 Å². The molecule has 2 aliphatic rings. The number of hydrogen-bond acceptors (Lipinski definition) is 5. The Morgan fingerprint density at radius 2 is 1.77 bits per heavy atom. The monoisotopic (exact) mass is 490 g/mol. The van der Waals surface area contributed by atoms with Crippen LogP contribution in [0.1, 0.15) is 38.3 Å². The second-order valence-corrected chi connectivity index (χ2v) is 9.59. The summed E-state index contributed by atoms with van der Waals surface area (Å²) in [5.74, 6) is 1.76. The van der Waals surface area contributed by atoms with Gasteiger partial charge in [0.05, 0.1) is 18.2 Å². The maximum absolute atomic E-state index is 13.4. The molecule has 0 aliphatic carbocycles. The summed E-state index contributed by atoms with van der Waals surface area (Å²) in [6, 6.07) is 8.34. The van der Waals surface area contributed by atoms with Crippen LogP contribution in [-0.2, 0) is 6.18 Å². The number of carbonyl (C=O) groups is 1. The first-order valence-corrected chi connectivity index (χ1v) is 11.4. The predicted octanol–water partition coefficient (Wildman–Crippen LogP) is 5.41. The molecular formula is C25H29F3N4O3. The van der Waals surface area contributed by atoms with Crippen LogP contribution in [0.25, 0.3) is 0 Å². The highest BCUT2D eigenvalue weighted by molar-refractivity contribution is 6.04. The van der Waals surface area contributed by atoms with Crippen molar-refractivity contribution in [3.05, 3.63) is 47.5 Å². The highest BCUT2D eigenvalue weighted by atomic mass is 19.4. The molecule has 0 radical (unpaired) electrons. The maximum atomic E-state index is 13.4. The Kier molecular flexibility index (Phi) is 6.57. The Hall–Kier alpha value is -3.43. The van der Waals surface area contributed by atoms with Crippen molar-refractivity contribution in [2.24, 2.45) is 4.99 Å². The molecule has 2 aliphatic heterocycles. The van der Waals surface area contributed by atoms with E-state index in [4.69, 9.17) is 9.47 Å².